The van der Waals surface area contributed by atoms with E-state index >= 15 is 0 Å². The maximum Gasteiger partial charge on any atom is 0.245 e. The lowest BCUT2D eigenvalue weighted by molar-refractivity contribution is -0.131. The minimum atomic E-state index is -0.187. The molecule has 2 saturated heterocycles. The molecular weight excluding hydrogens is 290 g/mol. The summed E-state index contributed by atoms with van der Waals surface area (Å²) in [7, 11) is 1.69. The molecule has 0 bridgehead atoms. The molecule has 0 aromatic carbocycles. The van der Waals surface area contributed by atoms with E-state index in [0.29, 0.717) is 18.0 Å². The van der Waals surface area contributed by atoms with Crippen molar-refractivity contribution in [1.82, 2.24) is 9.88 Å². The minimum absolute atomic E-state index is 0.0609. The Labute approximate surface area is 129 Å². The second-order valence-electron chi connectivity index (χ2n) is 5.62. The standard InChI is InChI=1S/C15H20ClN3O2/c1-21-11-8-14(15(20)18-6-2-3-7-18)19(10-11)13-4-5-17-9-12(13)16/h4-5,9,11,14H,2-3,6-8,10H2,1H3/t11-,14-/m0/s1. The summed E-state index contributed by atoms with van der Waals surface area (Å²) in [5.74, 6) is 0.194. The Hall–Kier alpha value is -1.33. The van der Waals surface area contributed by atoms with Crippen LogP contribution in [0, 0.1) is 0 Å². The average Bonchev–Trinajstić information content (AvgIpc) is 3.16. The lowest BCUT2D eigenvalue weighted by atomic mass is 10.1. The van der Waals surface area contributed by atoms with E-state index in [4.69, 9.17) is 16.3 Å². The first-order valence-corrected chi connectivity index (χ1v) is 7.76. The van der Waals surface area contributed by atoms with Gasteiger partial charge in [-0.2, -0.15) is 0 Å². The van der Waals surface area contributed by atoms with Crippen LogP contribution in [0.15, 0.2) is 18.5 Å². The molecule has 0 unspecified atom stereocenters. The van der Waals surface area contributed by atoms with Crippen LogP contribution in [-0.4, -0.2) is 54.7 Å². The Balaban J connectivity index is 1.85. The van der Waals surface area contributed by atoms with Crippen LogP contribution < -0.4 is 4.90 Å². The highest BCUT2D eigenvalue weighted by atomic mass is 35.5. The number of nitrogens with zero attached hydrogens (tertiary/aromatic N) is 3. The van der Waals surface area contributed by atoms with Crippen molar-refractivity contribution >= 4 is 23.2 Å². The molecule has 1 aromatic rings. The Morgan fingerprint density at radius 2 is 2.19 bits per heavy atom. The quantitative estimate of drug-likeness (QED) is 0.856. The average molecular weight is 310 g/mol. The van der Waals surface area contributed by atoms with E-state index in [-0.39, 0.29) is 18.1 Å². The van der Waals surface area contributed by atoms with Gasteiger partial charge in [0.15, 0.2) is 0 Å². The Kier molecular flexibility index (Phi) is 4.31. The molecule has 1 aromatic heterocycles. The number of methoxy groups -OCH3 is 1. The third-order valence-corrected chi connectivity index (χ3v) is 4.65. The van der Waals surface area contributed by atoms with Gasteiger partial charge in [0.1, 0.15) is 6.04 Å². The number of amides is 1. The number of carbonyl (C=O) groups is 1. The van der Waals surface area contributed by atoms with Gasteiger partial charge in [-0.05, 0) is 18.9 Å². The monoisotopic (exact) mass is 309 g/mol. The van der Waals surface area contributed by atoms with E-state index in [2.05, 4.69) is 9.88 Å². The van der Waals surface area contributed by atoms with Crippen LogP contribution in [0.1, 0.15) is 19.3 Å². The van der Waals surface area contributed by atoms with Gasteiger partial charge in [-0.15, -0.1) is 0 Å². The van der Waals surface area contributed by atoms with Crippen LogP contribution in [0.4, 0.5) is 5.69 Å². The first-order chi connectivity index (χ1) is 10.2. The largest absolute Gasteiger partial charge is 0.380 e. The molecule has 0 radical (unpaired) electrons. The maximum absolute atomic E-state index is 12.8. The van der Waals surface area contributed by atoms with E-state index in [1.54, 1.807) is 19.5 Å². The number of anilines is 1. The van der Waals surface area contributed by atoms with Crippen molar-refractivity contribution in [3.8, 4) is 0 Å². The fraction of sp³-hybridized carbons (Fsp3) is 0.600. The fourth-order valence-corrected chi connectivity index (χ4v) is 3.45. The van der Waals surface area contributed by atoms with Gasteiger partial charge >= 0.3 is 0 Å². The number of pyridine rings is 1. The molecule has 0 aliphatic carbocycles. The molecule has 2 aliphatic heterocycles. The summed E-state index contributed by atoms with van der Waals surface area (Å²) >= 11 is 6.25. The highest BCUT2D eigenvalue weighted by Gasteiger charge is 2.40. The van der Waals surface area contributed by atoms with Gasteiger partial charge in [-0.3, -0.25) is 9.78 Å². The molecule has 1 amide bonds. The zero-order valence-corrected chi connectivity index (χ0v) is 12.9. The van der Waals surface area contributed by atoms with Crippen molar-refractivity contribution in [2.24, 2.45) is 0 Å². The SMILES string of the molecule is CO[C@H]1C[C@@H](C(=O)N2CCCC2)N(c2ccncc2Cl)C1. The van der Waals surface area contributed by atoms with Gasteiger partial charge < -0.3 is 14.5 Å². The molecule has 2 atom stereocenters. The summed E-state index contributed by atoms with van der Waals surface area (Å²) in [5, 5.41) is 0.577. The number of aromatic nitrogens is 1. The predicted molar refractivity (Wildman–Crippen MR) is 81.6 cm³/mol. The minimum Gasteiger partial charge on any atom is -0.380 e. The van der Waals surface area contributed by atoms with E-state index in [0.717, 1.165) is 31.6 Å². The number of halogens is 1. The van der Waals surface area contributed by atoms with E-state index < -0.39 is 0 Å². The molecular formula is C15H20ClN3O2. The lowest BCUT2D eigenvalue weighted by Gasteiger charge is -2.29. The Bertz CT molecular complexity index is 519. The van der Waals surface area contributed by atoms with Gasteiger partial charge in [0.25, 0.3) is 0 Å². The molecule has 0 saturated carbocycles. The number of carbonyl (C=O) groups excluding carboxylic acids is 1. The van der Waals surface area contributed by atoms with E-state index in [1.165, 1.54) is 0 Å². The van der Waals surface area contributed by atoms with Gasteiger partial charge in [0.2, 0.25) is 5.91 Å². The molecule has 6 heteroatoms. The Morgan fingerprint density at radius 3 is 2.86 bits per heavy atom. The van der Waals surface area contributed by atoms with Crippen molar-refractivity contribution in [3.63, 3.8) is 0 Å². The van der Waals surface area contributed by atoms with Gasteiger partial charge in [-0.1, -0.05) is 11.6 Å². The van der Waals surface area contributed by atoms with Gasteiger partial charge in [-0.25, -0.2) is 0 Å². The number of hydrogen-bond acceptors (Lipinski definition) is 4. The normalized spacial score (nSPS) is 25.6. The molecule has 114 valence electrons. The lowest BCUT2D eigenvalue weighted by Crippen LogP contribution is -2.44. The number of hydrogen-bond donors (Lipinski definition) is 0. The topological polar surface area (TPSA) is 45.7 Å². The van der Waals surface area contributed by atoms with Gasteiger partial charge in [0.05, 0.1) is 16.8 Å². The van der Waals surface area contributed by atoms with Crippen molar-refractivity contribution < 1.29 is 9.53 Å². The molecule has 5 nitrogen and oxygen atoms in total. The van der Waals surface area contributed by atoms with Crippen molar-refractivity contribution in [2.45, 2.75) is 31.4 Å². The molecule has 0 N–H and O–H groups in total. The van der Waals surface area contributed by atoms with Crippen molar-refractivity contribution in [3.05, 3.63) is 23.5 Å². The summed E-state index contributed by atoms with van der Waals surface area (Å²) in [5.41, 5.74) is 0.865. The molecule has 0 spiro atoms. The molecule has 3 rings (SSSR count). The zero-order chi connectivity index (χ0) is 14.8. The Morgan fingerprint density at radius 1 is 1.43 bits per heavy atom. The molecule has 21 heavy (non-hydrogen) atoms. The summed E-state index contributed by atoms with van der Waals surface area (Å²) in [6.07, 6.45) is 6.30. The predicted octanol–water partition coefficient (Wildman–Crippen LogP) is 1.95. The highest BCUT2D eigenvalue weighted by molar-refractivity contribution is 6.33. The van der Waals surface area contributed by atoms with E-state index in [9.17, 15) is 4.79 Å². The smallest absolute Gasteiger partial charge is 0.245 e. The maximum atomic E-state index is 12.8. The van der Waals surface area contributed by atoms with Gasteiger partial charge in [0, 0.05) is 45.6 Å². The van der Waals surface area contributed by atoms with Crippen LogP contribution in [0.2, 0.25) is 5.02 Å². The van der Waals surface area contributed by atoms with Crippen LogP contribution in [0.25, 0.3) is 0 Å². The summed E-state index contributed by atoms with van der Waals surface area (Å²) in [4.78, 5) is 20.8. The van der Waals surface area contributed by atoms with Crippen LogP contribution in [0.3, 0.4) is 0 Å². The highest BCUT2D eigenvalue weighted by Crippen LogP contribution is 2.33. The second kappa shape index (κ2) is 6.20. The number of ether oxygens (including phenoxy) is 1. The fourth-order valence-electron chi connectivity index (χ4n) is 3.22. The van der Waals surface area contributed by atoms with E-state index in [1.807, 2.05) is 11.0 Å². The first kappa shape index (κ1) is 14.6. The third kappa shape index (κ3) is 2.85. The van der Waals surface area contributed by atoms with Crippen LogP contribution in [-0.2, 0) is 9.53 Å². The third-order valence-electron chi connectivity index (χ3n) is 4.36. The molecule has 2 aliphatic rings. The van der Waals surface area contributed by atoms with Crippen molar-refractivity contribution in [2.75, 3.05) is 31.6 Å². The summed E-state index contributed by atoms with van der Waals surface area (Å²) in [6.45, 7) is 2.42. The second-order valence-corrected chi connectivity index (χ2v) is 6.03. The number of likely N-dealkylation sites (tertiary alicyclic amines) is 1. The molecule has 3 heterocycles. The first-order valence-electron chi connectivity index (χ1n) is 7.38. The number of rotatable bonds is 3. The summed E-state index contributed by atoms with van der Waals surface area (Å²) in [6, 6.07) is 1.68. The van der Waals surface area contributed by atoms with Crippen LogP contribution >= 0.6 is 11.6 Å². The van der Waals surface area contributed by atoms with Crippen LogP contribution in [0.5, 0.6) is 0 Å². The van der Waals surface area contributed by atoms with Crippen molar-refractivity contribution in [1.29, 1.82) is 0 Å². The summed E-state index contributed by atoms with van der Waals surface area (Å²) < 4.78 is 5.47. The zero-order valence-electron chi connectivity index (χ0n) is 12.2. The molecule has 2 fully saturated rings.